The van der Waals surface area contributed by atoms with Gasteiger partial charge in [0.1, 0.15) is 10.8 Å². The van der Waals surface area contributed by atoms with Crippen molar-refractivity contribution >= 4 is 23.1 Å². The van der Waals surface area contributed by atoms with E-state index in [4.69, 9.17) is 0 Å². The molecule has 1 fully saturated rings. The lowest BCUT2D eigenvalue weighted by molar-refractivity contribution is 0.459. The van der Waals surface area contributed by atoms with Crippen LogP contribution in [0.1, 0.15) is 28.4 Å². The van der Waals surface area contributed by atoms with Crippen molar-refractivity contribution in [3.63, 3.8) is 0 Å². The molecule has 1 aliphatic rings. The fourth-order valence-electron chi connectivity index (χ4n) is 2.99. The summed E-state index contributed by atoms with van der Waals surface area (Å²) in [4.78, 5) is 16.9. The molecular formula is C18H26N6S. The molecule has 0 amide bonds. The van der Waals surface area contributed by atoms with Crippen molar-refractivity contribution in [2.75, 3.05) is 25.0 Å². The molecule has 0 aliphatic carbocycles. The maximum absolute atomic E-state index is 4.63. The zero-order valence-electron chi connectivity index (χ0n) is 15.1. The van der Waals surface area contributed by atoms with Crippen LogP contribution in [0, 0.1) is 13.8 Å². The quantitative estimate of drug-likeness (QED) is 0.649. The van der Waals surface area contributed by atoms with Crippen molar-refractivity contribution in [1.82, 2.24) is 20.6 Å². The molecule has 2 N–H and O–H groups in total. The predicted octanol–water partition coefficient (Wildman–Crippen LogP) is 2.49. The van der Waals surface area contributed by atoms with Crippen molar-refractivity contribution in [3.05, 3.63) is 40.0 Å². The molecule has 0 unspecified atom stereocenters. The highest BCUT2D eigenvalue weighted by atomic mass is 32.1. The Morgan fingerprint density at radius 2 is 2.12 bits per heavy atom. The Hall–Kier alpha value is -2.15. The van der Waals surface area contributed by atoms with Crippen LogP contribution in [-0.2, 0) is 6.54 Å². The summed E-state index contributed by atoms with van der Waals surface area (Å²) in [5.74, 6) is 1.93. The van der Waals surface area contributed by atoms with E-state index < -0.39 is 0 Å². The second kappa shape index (κ2) is 8.29. The molecule has 25 heavy (non-hydrogen) atoms. The highest BCUT2D eigenvalue weighted by Gasteiger charge is 2.21. The molecule has 2 aromatic rings. The second-order valence-electron chi connectivity index (χ2n) is 6.33. The number of pyridine rings is 1. The molecule has 134 valence electrons. The van der Waals surface area contributed by atoms with E-state index in [1.807, 2.05) is 26.2 Å². The van der Waals surface area contributed by atoms with Crippen molar-refractivity contribution < 1.29 is 0 Å². The van der Waals surface area contributed by atoms with E-state index in [9.17, 15) is 0 Å². The lowest BCUT2D eigenvalue weighted by Crippen LogP contribution is -2.48. The van der Waals surface area contributed by atoms with Gasteiger partial charge in [0.15, 0.2) is 5.96 Å². The van der Waals surface area contributed by atoms with E-state index in [-0.39, 0.29) is 0 Å². The minimum atomic E-state index is 0.435. The SMILES string of the molecule is CN=C(NCc1ncc(C)s1)NC1CCN(c2cccc(C)n2)CC1. The summed E-state index contributed by atoms with van der Waals surface area (Å²) < 4.78 is 0. The van der Waals surface area contributed by atoms with Crippen molar-refractivity contribution in [1.29, 1.82) is 0 Å². The zero-order chi connectivity index (χ0) is 17.6. The first kappa shape index (κ1) is 17.7. The number of aryl methyl sites for hydroxylation is 2. The number of rotatable bonds is 4. The largest absolute Gasteiger partial charge is 0.356 e. The normalized spacial score (nSPS) is 16.1. The highest BCUT2D eigenvalue weighted by molar-refractivity contribution is 7.11. The second-order valence-corrected chi connectivity index (χ2v) is 7.65. The monoisotopic (exact) mass is 358 g/mol. The van der Waals surface area contributed by atoms with E-state index in [1.54, 1.807) is 11.3 Å². The van der Waals surface area contributed by atoms with Gasteiger partial charge in [0.25, 0.3) is 0 Å². The van der Waals surface area contributed by atoms with Gasteiger partial charge < -0.3 is 15.5 Å². The highest BCUT2D eigenvalue weighted by Crippen LogP contribution is 2.18. The summed E-state index contributed by atoms with van der Waals surface area (Å²) in [6, 6.07) is 6.65. The number of hydrogen-bond acceptors (Lipinski definition) is 5. The number of guanidine groups is 1. The van der Waals surface area contributed by atoms with Crippen LogP contribution in [0.15, 0.2) is 29.4 Å². The molecule has 0 saturated carbocycles. The average molecular weight is 359 g/mol. The van der Waals surface area contributed by atoms with Crippen LogP contribution < -0.4 is 15.5 Å². The Morgan fingerprint density at radius 1 is 1.32 bits per heavy atom. The molecule has 0 spiro atoms. The van der Waals surface area contributed by atoms with Crippen LogP contribution in [0.25, 0.3) is 0 Å². The van der Waals surface area contributed by atoms with Gasteiger partial charge >= 0.3 is 0 Å². The van der Waals surface area contributed by atoms with Crippen LogP contribution in [0.5, 0.6) is 0 Å². The summed E-state index contributed by atoms with van der Waals surface area (Å²) in [5, 5.41) is 7.98. The molecule has 0 bridgehead atoms. The number of hydrogen-bond donors (Lipinski definition) is 2. The van der Waals surface area contributed by atoms with E-state index in [0.29, 0.717) is 12.6 Å². The van der Waals surface area contributed by atoms with Crippen molar-refractivity contribution in [2.24, 2.45) is 4.99 Å². The molecule has 1 aliphatic heterocycles. The summed E-state index contributed by atoms with van der Waals surface area (Å²) >= 11 is 1.72. The number of nitrogens with one attached hydrogen (secondary N) is 2. The first-order chi connectivity index (χ1) is 12.1. The van der Waals surface area contributed by atoms with Gasteiger partial charge in [-0.25, -0.2) is 9.97 Å². The minimum absolute atomic E-state index is 0.435. The molecule has 2 aromatic heterocycles. The van der Waals surface area contributed by atoms with Gasteiger partial charge in [-0.15, -0.1) is 11.3 Å². The van der Waals surface area contributed by atoms with Crippen LogP contribution in [0.3, 0.4) is 0 Å². The third-order valence-electron chi connectivity index (χ3n) is 4.33. The van der Waals surface area contributed by atoms with E-state index in [1.165, 1.54) is 4.88 Å². The number of thiazole rings is 1. The Balaban J connectivity index is 1.47. The van der Waals surface area contributed by atoms with Gasteiger partial charge in [0, 0.05) is 42.9 Å². The van der Waals surface area contributed by atoms with E-state index in [0.717, 1.165) is 48.4 Å². The Kier molecular flexibility index (Phi) is 5.86. The van der Waals surface area contributed by atoms with E-state index in [2.05, 4.69) is 49.6 Å². The van der Waals surface area contributed by atoms with Gasteiger partial charge in [-0.3, -0.25) is 4.99 Å². The Labute approximate surface area is 153 Å². The van der Waals surface area contributed by atoms with Crippen LogP contribution in [0.4, 0.5) is 5.82 Å². The van der Waals surface area contributed by atoms with Crippen LogP contribution in [-0.4, -0.2) is 42.1 Å². The average Bonchev–Trinajstić information content (AvgIpc) is 3.04. The molecule has 0 aromatic carbocycles. The van der Waals surface area contributed by atoms with Crippen molar-refractivity contribution in [3.8, 4) is 0 Å². The van der Waals surface area contributed by atoms with Gasteiger partial charge in [0.2, 0.25) is 0 Å². The van der Waals surface area contributed by atoms with Crippen LogP contribution in [0.2, 0.25) is 0 Å². The molecule has 6 nitrogen and oxygen atoms in total. The smallest absolute Gasteiger partial charge is 0.191 e. The molecule has 1 saturated heterocycles. The lowest BCUT2D eigenvalue weighted by Gasteiger charge is -2.33. The Bertz CT molecular complexity index is 718. The summed E-state index contributed by atoms with van der Waals surface area (Å²) in [6.07, 6.45) is 4.06. The maximum Gasteiger partial charge on any atom is 0.191 e. The predicted molar refractivity (Wildman–Crippen MR) is 104 cm³/mol. The van der Waals surface area contributed by atoms with Gasteiger partial charge in [-0.05, 0) is 38.8 Å². The molecule has 3 rings (SSSR count). The fourth-order valence-corrected chi connectivity index (χ4v) is 3.72. The van der Waals surface area contributed by atoms with Gasteiger partial charge in [0.05, 0.1) is 6.54 Å². The molecular weight excluding hydrogens is 332 g/mol. The third-order valence-corrected chi connectivity index (χ3v) is 5.25. The van der Waals surface area contributed by atoms with E-state index >= 15 is 0 Å². The standard InChI is InChI=1S/C18H26N6S/c1-13-5-4-6-16(22-13)24-9-7-15(8-10-24)23-18(19-3)21-12-17-20-11-14(2)25-17/h4-6,11,15H,7-10,12H2,1-3H3,(H2,19,21,23). The zero-order valence-corrected chi connectivity index (χ0v) is 15.9. The summed E-state index contributed by atoms with van der Waals surface area (Å²) in [5.41, 5.74) is 1.07. The Morgan fingerprint density at radius 3 is 2.76 bits per heavy atom. The molecule has 7 heteroatoms. The topological polar surface area (TPSA) is 65.4 Å². The number of nitrogens with zero attached hydrogens (tertiary/aromatic N) is 4. The van der Waals surface area contributed by atoms with Crippen molar-refractivity contribution in [2.45, 2.75) is 39.3 Å². The third kappa shape index (κ3) is 4.92. The molecule has 0 radical (unpaired) electrons. The molecule has 3 heterocycles. The van der Waals surface area contributed by atoms with Gasteiger partial charge in [-0.2, -0.15) is 0 Å². The number of piperidine rings is 1. The number of aromatic nitrogens is 2. The summed E-state index contributed by atoms with van der Waals surface area (Å²) in [7, 11) is 1.81. The summed E-state index contributed by atoms with van der Waals surface area (Å²) in [6.45, 7) is 6.85. The van der Waals surface area contributed by atoms with Crippen LogP contribution >= 0.6 is 11.3 Å². The van der Waals surface area contributed by atoms with Gasteiger partial charge in [-0.1, -0.05) is 6.07 Å². The minimum Gasteiger partial charge on any atom is -0.356 e. The molecule has 0 atom stereocenters. The fraction of sp³-hybridized carbons (Fsp3) is 0.500. The first-order valence-electron chi connectivity index (χ1n) is 8.71. The lowest BCUT2D eigenvalue weighted by atomic mass is 10.1. The maximum atomic E-state index is 4.63. The first-order valence-corrected chi connectivity index (χ1v) is 9.53. The number of aliphatic imine (C=N–C) groups is 1. The number of anilines is 1.